The molecule has 1 unspecified atom stereocenters. The van der Waals surface area contributed by atoms with Crippen LogP contribution in [-0.2, 0) is 0 Å². The van der Waals surface area contributed by atoms with Crippen molar-refractivity contribution in [1.29, 1.82) is 0 Å². The van der Waals surface area contributed by atoms with E-state index in [0.717, 1.165) is 67.3 Å². The van der Waals surface area contributed by atoms with Crippen molar-refractivity contribution in [3.8, 4) is 16.9 Å². The van der Waals surface area contributed by atoms with Gasteiger partial charge in [0.05, 0.1) is 18.3 Å². The second kappa shape index (κ2) is 12.7. The Hall–Kier alpha value is -3.48. The van der Waals surface area contributed by atoms with Crippen molar-refractivity contribution in [2.75, 3.05) is 18.5 Å². The van der Waals surface area contributed by atoms with E-state index in [1.807, 2.05) is 18.2 Å². The fraction of sp³-hybridized carbons (Fsp3) is 0.367. The molecule has 196 valence electrons. The highest BCUT2D eigenvalue weighted by Crippen LogP contribution is 2.39. The van der Waals surface area contributed by atoms with Gasteiger partial charge in [-0.05, 0) is 60.7 Å². The second-order valence-electron chi connectivity index (χ2n) is 9.43. The van der Waals surface area contributed by atoms with Crippen molar-refractivity contribution in [3.05, 3.63) is 83.7 Å². The zero-order valence-electron chi connectivity index (χ0n) is 21.1. The van der Waals surface area contributed by atoms with Crippen LogP contribution in [-0.4, -0.2) is 24.1 Å². The monoisotopic (exact) mass is 510 g/mol. The maximum absolute atomic E-state index is 14.3. The van der Waals surface area contributed by atoms with Crippen LogP contribution in [0.3, 0.4) is 0 Å². The lowest BCUT2D eigenvalue weighted by atomic mass is 9.96. The van der Waals surface area contributed by atoms with Crippen molar-refractivity contribution in [3.63, 3.8) is 0 Å². The second-order valence-corrected chi connectivity index (χ2v) is 9.43. The number of carbonyl (C=O) groups is 1. The minimum absolute atomic E-state index is 0.0564. The van der Waals surface area contributed by atoms with Gasteiger partial charge in [-0.1, -0.05) is 56.9 Å². The number of nitrogens with one attached hydrogen (secondary N) is 1. The lowest BCUT2D eigenvalue weighted by Gasteiger charge is -2.32. The van der Waals surface area contributed by atoms with E-state index in [-0.39, 0.29) is 17.5 Å². The maximum Gasteiger partial charge on any atom is 0.322 e. The fourth-order valence-electron chi connectivity index (χ4n) is 4.76. The molecule has 37 heavy (non-hydrogen) atoms. The molecule has 1 heterocycles. The summed E-state index contributed by atoms with van der Waals surface area (Å²) in [7, 11) is 0. The summed E-state index contributed by atoms with van der Waals surface area (Å²) in [5.74, 6) is -1.13. The Bertz CT molecular complexity index is 1200. The topological polar surface area (TPSA) is 41.6 Å². The first kappa shape index (κ1) is 26.6. The number of nitrogens with zero attached hydrogens (tertiary/aromatic N) is 1. The molecule has 1 aliphatic heterocycles. The minimum Gasteiger partial charge on any atom is -0.493 e. The van der Waals surface area contributed by atoms with Crippen molar-refractivity contribution in [1.82, 2.24) is 4.90 Å². The lowest BCUT2D eigenvalue weighted by molar-refractivity contribution is 0.181. The number of amides is 2. The van der Waals surface area contributed by atoms with Crippen LogP contribution in [0.2, 0.25) is 0 Å². The standard InChI is InChI=1S/C30H33F3N2O2/c1-2-3-4-5-6-17-35(30(36)34-27-16-14-24(32)20-26(27)33)28-8-7-18-37-29-19-22(11-15-25(28)29)21-9-12-23(31)13-10-21/h9-16,19-20,28H,2-8,17-18H2,1H3,(H,34,36). The molecule has 0 saturated heterocycles. The average Bonchev–Trinajstić information content (AvgIpc) is 3.10. The van der Waals surface area contributed by atoms with Crippen LogP contribution < -0.4 is 10.1 Å². The van der Waals surface area contributed by atoms with Gasteiger partial charge >= 0.3 is 6.03 Å². The van der Waals surface area contributed by atoms with Gasteiger partial charge in [0.25, 0.3) is 0 Å². The first-order chi connectivity index (χ1) is 18.0. The van der Waals surface area contributed by atoms with Gasteiger partial charge in [-0.3, -0.25) is 0 Å². The number of fused-ring (bicyclic) bond motifs is 1. The van der Waals surface area contributed by atoms with E-state index in [1.54, 1.807) is 17.0 Å². The van der Waals surface area contributed by atoms with E-state index >= 15 is 0 Å². The number of urea groups is 1. The summed E-state index contributed by atoms with van der Waals surface area (Å²) in [5, 5.41) is 2.65. The smallest absolute Gasteiger partial charge is 0.322 e. The predicted octanol–water partition coefficient (Wildman–Crippen LogP) is 8.49. The number of halogens is 3. The summed E-state index contributed by atoms with van der Waals surface area (Å²) in [6, 6.07) is 14.5. The number of unbranched alkanes of at least 4 members (excludes halogenated alkanes) is 4. The van der Waals surface area contributed by atoms with E-state index < -0.39 is 17.7 Å². The zero-order chi connectivity index (χ0) is 26.2. The molecule has 4 nitrogen and oxygen atoms in total. The first-order valence-corrected chi connectivity index (χ1v) is 13.0. The highest BCUT2D eigenvalue weighted by Gasteiger charge is 2.30. The Morgan fingerprint density at radius 2 is 1.65 bits per heavy atom. The van der Waals surface area contributed by atoms with Crippen molar-refractivity contribution >= 4 is 11.7 Å². The van der Waals surface area contributed by atoms with Crippen LogP contribution in [0.25, 0.3) is 11.1 Å². The molecule has 1 N–H and O–H groups in total. The molecule has 3 aromatic carbocycles. The van der Waals surface area contributed by atoms with Crippen LogP contribution in [0, 0.1) is 17.5 Å². The van der Waals surface area contributed by atoms with E-state index in [2.05, 4.69) is 12.2 Å². The molecule has 7 heteroatoms. The normalized spacial score (nSPS) is 14.9. The summed E-state index contributed by atoms with van der Waals surface area (Å²) in [5.41, 5.74) is 2.58. The van der Waals surface area contributed by atoms with Crippen LogP contribution in [0.5, 0.6) is 5.75 Å². The van der Waals surface area contributed by atoms with E-state index in [0.29, 0.717) is 25.3 Å². The van der Waals surface area contributed by atoms with Gasteiger partial charge in [0.1, 0.15) is 23.2 Å². The van der Waals surface area contributed by atoms with Crippen molar-refractivity contribution in [2.45, 2.75) is 57.9 Å². The third-order valence-electron chi connectivity index (χ3n) is 6.74. The number of rotatable bonds is 9. The zero-order valence-corrected chi connectivity index (χ0v) is 21.1. The van der Waals surface area contributed by atoms with E-state index in [9.17, 15) is 18.0 Å². The SMILES string of the molecule is CCCCCCCN(C(=O)Nc1ccc(F)cc1F)C1CCCOc2cc(-c3ccc(F)cc3)ccc21. The Balaban J connectivity index is 1.62. The quantitative estimate of drug-likeness (QED) is 0.293. The Morgan fingerprint density at radius 3 is 2.41 bits per heavy atom. The van der Waals surface area contributed by atoms with Crippen LogP contribution in [0.1, 0.15) is 63.5 Å². The Morgan fingerprint density at radius 1 is 0.919 bits per heavy atom. The van der Waals surface area contributed by atoms with Gasteiger partial charge in [-0.2, -0.15) is 0 Å². The number of hydrogen-bond donors (Lipinski definition) is 1. The molecular formula is C30H33F3N2O2. The number of carbonyl (C=O) groups excluding carboxylic acids is 1. The van der Waals surface area contributed by atoms with Gasteiger partial charge in [0.15, 0.2) is 0 Å². The van der Waals surface area contributed by atoms with Crippen molar-refractivity contribution in [2.24, 2.45) is 0 Å². The summed E-state index contributed by atoms with van der Waals surface area (Å²) in [6.07, 6.45) is 6.59. The Labute approximate surface area is 216 Å². The summed E-state index contributed by atoms with van der Waals surface area (Å²) in [6.45, 7) is 3.16. The first-order valence-electron chi connectivity index (χ1n) is 13.0. The molecule has 0 bridgehead atoms. The molecule has 2 amide bonds. The van der Waals surface area contributed by atoms with Gasteiger partial charge in [0.2, 0.25) is 0 Å². The predicted molar refractivity (Wildman–Crippen MR) is 140 cm³/mol. The Kier molecular flexibility index (Phi) is 9.09. The minimum atomic E-state index is -0.815. The molecule has 1 atom stereocenters. The van der Waals surface area contributed by atoms with E-state index in [4.69, 9.17) is 4.74 Å². The molecule has 0 radical (unpaired) electrons. The van der Waals surface area contributed by atoms with Gasteiger partial charge in [-0.25, -0.2) is 18.0 Å². The third-order valence-corrected chi connectivity index (χ3v) is 6.74. The number of hydrogen-bond acceptors (Lipinski definition) is 2. The molecule has 0 spiro atoms. The number of anilines is 1. The van der Waals surface area contributed by atoms with Gasteiger partial charge in [-0.15, -0.1) is 0 Å². The molecule has 0 saturated carbocycles. The average molecular weight is 511 g/mol. The number of ether oxygens (including phenoxy) is 1. The van der Waals surface area contributed by atoms with Gasteiger partial charge in [0, 0.05) is 18.2 Å². The summed E-state index contributed by atoms with van der Waals surface area (Å²) in [4.78, 5) is 15.2. The molecule has 4 rings (SSSR count). The number of benzene rings is 3. The van der Waals surface area contributed by atoms with Gasteiger partial charge < -0.3 is 15.0 Å². The molecule has 3 aromatic rings. The largest absolute Gasteiger partial charge is 0.493 e. The summed E-state index contributed by atoms with van der Waals surface area (Å²) >= 11 is 0. The van der Waals surface area contributed by atoms with Crippen LogP contribution in [0.15, 0.2) is 60.7 Å². The molecular weight excluding hydrogens is 477 g/mol. The maximum atomic E-state index is 14.3. The summed E-state index contributed by atoms with van der Waals surface area (Å²) < 4.78 is 47.2. The molecule has 0 fully saturated rings. The third kappa shape index (κ3) is 6.85. The lowest BCUT2D eigenvalue weighted by Crippen LogP contribution is -2.39. The molecule has 0 aromatic heterocycles. The van der Waals surface area contributed by atoms with Crippen LogP contribution >= 0.6 is 0 Å². The van der Waals surface area contributed by atoms with Crippen LogP contribution in [0.4, 0.5) is 23.7 Å². The highest BCUT2D eigenvalue weighted by molar-refractivity contribution is 5.90. The van der Waals surface area contributed by atoms with E-state index in [1.165, 1.54) is 18.2 Å². The highest BCUT2D eigenvalue weighted by atomic mass is 19.1. The molecule has 1 aliphatic rings. The van der Waals surface area contributed by atoms with Crippen molar-refractivity contribution < 1.29 is 22.7 Å². The fourth-order valence-corrected chi connectivity index (χ4v) is 4.76. The molecule has 0 aliphatic carbocycles.